The zero-order valence-corrected chi connectivity index (χ0v) is 11.7. The lowest BCUT2D eigenvalue weighted by molar-refractivity contribution is -0.137. The van der Waals surface area contributed by atoms with Crippen molar-refractivity contribution >= 4 is 34.0 Å². The van der Waals surface area contributed by atoms with Crippen LogP contribution < -0.4 is 5.32 Å². The molecule has 2 N–H and O–H groups in total. The van der Waals surface area contributed by atoms with Crippen molar-refractivity contribution in [2.24, 2.45) is 0 Å². The molecule has 100 valence electrons. The Morgan fingerprint density at radius 1 is 1.42 bits per heavy atom. The van der Waals surface area contributed by atoms with Crippen LogP contribution in [0.25, 0.3) is 0 Å². The number of halogens is 1. The molecule has 19 heavy (non-hydrogen) atoms. The second-order valence-electron chi connectivity index (χ2n) is 4.01. The Kier molecular flexibility index (Phi) is 4.34. The highest BCUT2D eigenvalue weighted by Gasteiger charge is 2.13. The number of nitrogens with zero attached hydrogens (tertiary/aromatic N) is 2. The summed E-state index contributed by atoms with van der Waals surface area (Å²) in [6.45, 7) is 1.56. The van der Waals surface area contributed by atoms with Crippen LogP contribution in [0.2, 0.25) is 5.02 Å². The second kappa shape index (κ2) is 5.99. The number of aliphatic carboxylic acids is 1. The first-order valence-electron chi connectivity index (χ1n) is 5.61. The number of carboxylic acids is 1. The van der Waals surface area contributed by atoms with Gasteiger partial charge in [0.05, 0.1) is 0 Å². The van der Waals surface area contributed by atoms with Crippen LogP contribution in [0.3, 0.4) is 0 Å². The van der Waals surface area contributed by atoms with E-state index in [-0.39, 0.29) is 0 Å². The average Bonchev–Trinajstić information content (AvgIpc) is 2.79. The van der Waals surface area contributed by atoms with Gasteiger partial charge in [0.15, 0.2) is 0 Å². The number of anilines is 1. The van der Waals surface area contributed by atoms with Crippen LogP contribution in [-0.4, -0.2) is 27.3 Å². The van der Waals surface area contributed by atoms with Crippen molar-refractivity contribution in [3.63, 3.8) is 0 Å². The molecular weight excluding hydrogens is 286 g/mol. The standard InChI is InChI=1S/C12H12ClN3O2S/c1-7(11(17)18)14-12-16-15-10(19-12)6-8-2-4-9(13)5-3-8/h2-5,7H,6H2,1H3,(H,14,16)(H,17,18)/t7-/m1/s1. The van der Waals surface area contributed by atoms with Crippen LogP contribution in [0.5, 0.6) is 0 Å². The molecule has 0 amide bonds. The second-order valence-corrected chi connectivity index (χ2v) is 5.51. The molecule has 0 saturated heterocycles. The molecule has 0 radical (unpaired) electrons. The van der Waals surface area contributed by atoms with Gasteiger partial charge in [-0.3, -0.25) is 4.79 Å². The Balaban J connectivity index is 2.01. The van der Waals surface area contributed by atoms with E-state index in [9.17, 15) is 4.79 Å². The maximum Gasteiger partial charge on any atom is 0.325 e. The van der Waals surface area contributed by atoms with Gasteiger partial charge in [-0.25, -0.2) is 0 Å². The molecule has 5 nitrogen and oxygen atoms in total. The molecule has 1 aromatic carbocycles. The van der Waals surface area contributed by atoms with Gasteiger partial charge in [-0.2, -0.15) is 0 Å². The van der Waals surface area contributed by atoms with Crippen molar-refractivity contribution < 1.29 is 9.90 Å². The number of hydrogen-bond acceptors (Lipinski definition) is 5. The summed E-state index contributed by atoms with van der Waals surface area (Å²) in [6, 6.07) is 6.82. The van der Waals surface area contributed by atoms with Crippen LogP contribution in [0.15, 0.2) is 24.3 Å². The number of carboxylic acid groups (broad SMARTS) is 1. The SMILES string of the molecule is C[C@@H](Nc1nnc(Cc2ccc(Cl)cc2)s1)C(=O)O. The first-order chi connectivity index (χ1) is 9.04. The fourth-order valence-electron chi connectivity index (χ4n) is 1.41. The first kappa shape index (κ1) is 13.8. The van der Waals surface area contributed by atoms with Gasteiger partial charge in [-0.05, 0) is 24.6 Å². The van der Waals surface area contributed by atoms with Crippen molar-refractivity contribution in [3.8, 4) is 0 Å². The molecule has 0 unspecified atom stereocenters. The Labute approximate surface area is 119 Å². The number of rotatable bonds is 5. The largest absolute Gasteiger partial charge is 0.480 e. The highest BCUT2D eigenvalue weighted by Crippen LogP contribution is 2.20. The summed E-state index contributed by atoms with van der Waals surface area (Å²) in [4.78, 5) is 10.7. The molecule has 0 aliphatic rings. The molecule has 0 bridgehead atoms. The Morgan fingerprint density at radius 2 is 2.11 bits per heavy atom. The summed E-state index contributed by atoms with van der Waals surface area (Å²) in [7, 11) is 0. The molecule has 1 aromatic heterocycles. The van der Waals surface area contributed by atoms with E-state index < -0.39 is 12.0 Å². The van der Waals surface area contributed by atoms with E-state index >= 15 is 0 Å². The molecule has 0 saturated carbocycles. The van der Waals surface area contributed by atoms with Gasteiger partial charge in [0, 0.05) is 11.4 Å². The van der Waals surface area contributed by atoms with Gasteiger partial charge < -0.3 is 10.4 Å². The predicted molar refractivity (Wildman–Crippen MR) is 74.9 cm³/mol. The van der Waals surface area contributed by atoms with E-state index in [4.69, 9.17) is 16.7 Å². The minimum absolute atomic E-state index is 0.513. The average molecular weight is 298 g/mol. The molecule has 7 heteroatoms. The van der Waals surface area contributed by atoms with E-state index in [1.807, 2.05) is 24.3 Å². The molecule has 0 fully saturated rings. The predicted octanol–water partition coefficient (Wildman–Crippen LogP) is 2.67. The number of hydrogen-bond donors (Lipinski definition) is 2. The lowest BCUT2D eigenvalue weighted by Crippen LogP contribution is -2.25. The molecule has 0 aliphatic carbocycles. The van der Waals surface area contributed by atoms with Gasteiger partial charge in [0.2, 0.25) is 5.13 Å². The van der Waals surface area contributed by atoms with E-state index in [2.05, 4.69) is 15.5 Å². The Hall–Kier alpha value is -1.66. The van der Waals surface area contributed by atoms with E-state index in [1.54, 1.807) is 6.92 Å². The van der Waals surface area contributed by atoms with Crippen molar-refractivity contribution in [2.45, 2.75) is 19.4 Å². The summed E-state index contributed by atoms with van der Waals surface area (Å²) in [5.74, 6) is -0.922. The molecule has 1 atom stereocenters. The van der Waals surface area contributed by atoms with Crippen LogP contribution in [0, 0.1) is 0 Å². The van der Waals surface area contributed by atoms with E-state index in [0.29, 0.717) is 16.6 Å². The maximum atomic E-state index is 10.7. The van der Waals surface area contributed by atoms with Crippen LogP contribution in [0.4, 0.5) is 5.13 Å². The fraction of sp³-hybridized carbons (Fsp3) is 0.250. The van der Waals surface area contributed by atoms with Crippen LogP contribution in [-0.2, 0) is 11.2 Å². The maximum absolute atomic E-state index is 10.7. The quantitative estimate of drug-likeness (QED) is 0.887. The van der Waals surface area contributed by atoms with Gasteiger partial charge in [0.25, 0.3) is 0 Å². The first-order valence-corrected chi connectivity index (χ1v) is 6.80. The highest BCUT2D eigenvalue weighted by molar-refractivity contribution is 7.15. The third-order valence-electron chi connectivity index (χ3n) is 2.45. The van der Waals surface area contributed by atoms with E-state index in [1.165, 1.54) is 11.3 Å². The number of carbonyl (C=O) groups is 1. The van der Waals surface area contributed by atoms with Gasteiger partial charge in [-0.15, -0.1) is 10.2 Å². The summed E-state index contributed by atoms with van der Waals surface area (Å²) in [5.41, 5.74) is 1.08. The fourth-order valence-corrected chi connectivity index (χ4v) is 2.39. The zero-order chi connectivity index (χ0) is 13.8. The molecular formula is C12H12ClN3O2S. The topological polar surface area (TPSA) is 75.1 Å². The summed E-state index contributed by atoms with van der Waals surface area (Å²) >= 11 is 7.16. The minimum atomic E-state index is -0.922. The van der Waals surface area contributed by atoms with Crippen LogP contribution >= 0.6 is 22.9 Å². The molecule has 2 aromatic rings. The smallest absolute Gasteiger partial charge is 0.325 e. The number of benzene rings is 1. The minimum Gasteiger partial charge on any atom is -0.480 e. The lowest BCUT2D eigenvalue weighted by Gasteiger charge is -2.05. The number of nitrogens with one attached hydrogen (secondary N) is 1. The highest BCUT2D eigenvalue weighted by atomic mass is 35.5. The normalized spacial score (nSPS) is 12.1. The van der Waals surface area contributed by atoms with Gasteiger partial charge in [0.1, 0.15) is 11.0 Å². The zero-order valence-electron chi connectivity index (χ0n) is 10.1. The number of aromatic nitrogens is 2. The molecule has 0 aliphatic heterocycles. The van der Waals surface area contributed by atoms with E-state index in [0.717, 1.165) is 10.6 Å². The molecule has 1 heterocycles. The Morgan fingerprint density at radius 3 is 2.74 bits per heavy atom. The van der Waals surface area contributed by atoms with Gasteiger partial charge in [-0.1, -0.05) is 35.1 Å². The lowest BCUT2D eigenvalue weighted by atomic mass is 10.2. The summed E-state index contributed by atoms with van der Waals surface area (Å²) < 4.78 is 0. The summed E-state index contributed by atoms with van der Waals surface area (Å²) in [6.07, 6.45) is 0.651. The van der Waals surface area contributed by atoms with Crippen molar-refractivity contribution in [3.05, 3.63) is 39.9 Å². The third-order valence-corrected chi connectivity index (χ3v) is 3.55. The summed E-state index contributed by atoms with van der Waals surface area (Å²) in [5, 5.41) is 21.5. The van der Waals surface area contributed by atoms with Crippen molar-refractivity contribution in [1.82, 2.24) is 10.2 Å². The Bertz CT molecular complexity index is 571. The third kappa shape index (κ3) is 3.90. The molecule has 0 spiro atoms. The van der Waals surface area contributed by atoms with Crippen molar-refractivity contribution in [2.75, 3.05) is 5.32 Å². The van der Waals surface area contributed by atoms with Crippen molar-refractivity contribution in [1.29, 1.82) is 0 Å². The van der Waals surface area contributed by atoms with Crippen LogP contribution in [0.1, 0.15) is 17.5 Å². The van der Waals surface area contributed by atoms with Gasteiger partial charge >= 0.3 is 5.97 Å². The monoisotopic (exact) mass is 297 g/mol. The molecule has 2 rings (SSSR count).